The lowest BCUT2D eigenvalue weighted by atomic mass is 10.4. The van der Waals surface area contributed by atoms with Gasteiger partial charge in [0.25, 0.3) is 0 Å². The van der Waals surface area contributed by atoms with Gasteiger partial charge in [-0.15, -0.1) is 11.8 Å². The Morgan fingerprint density at radius 1 is 1.32 bits per heavy atom. The Hall–Kier alpha value is -1.33. The van der Waals surface area contributed by atoms with Gasteiger partial charge in [-0.05, 0) is 24.3 Å². The van der Waals surface area contributed by atoms with Gasteiger partial charge in [0.2, 0.25) is 0 Å². The van der Waals surface area contributed by atoms with Crippen molar-refractivity contribution in [1.29, 1.82) is 0 Å². The van der Waals surface area contributed by atoms with Crippen LogP contribution in [0, 0.1) is 5.82 Å². The van der Waals surface area contributed by atoms with Crippen molar-refractivity contribution in [3.63, 3.8) is 0 Å². The van der Waals surface area contributed by atoms with Crippen molar-refractivity contribution < 1.29 is 4.39 Å². The molecule has 0 aliphatic rings. The highest BCUT2D eigenvalue weighted by molar-refractivity contribution is 7.98. The third-order valence-corrected chi connectivity index (χ3v) is 3.59. The van der Waals surface area contributed by atoms with E-state index in [1.54, 1.807) is 23.9 Å². The Morgan fingerprint density at radius 2 is 2.05 bits per heavy atom. The average Bonchev–Trinajstić information content (AvgIpc) is 2.84. The van der Waals surface area contributed by atoms with Crippen LogP contribution in [0.5, 0.6) is 0 Å². The van der Waals surface area contributed by atoms with E-state index in [1.807, 2.05) is 6.20 Å². The fraction of sp³-hybridized carbons (Fsp3) is 0.357. The zero-order chi connectivity index (χ0) is 13.7. The minimum absolute atomic E-state index is 0.204. The van der Waals surface area contributed by atoms with Crippen molar-refractivity contribution in [3.05, 3.63) is 47.8 Å². The summed E-state index contributed by atoms with van der Waals surface area (Å²) in [7, 11) is 0. The summed E-state index contributed by atoms with van der Waals surface area (Å²) in [6, 6.07) is 6.97. The van der Waals surface area contributed by atoms with Crippen LogP contribution in [-0.4, -0.2) is 16.0 Å². The Bertz CT molecular complexity index is 508. The standard InChI is InChI=1S/C14H18FN3S/c1-10(2)16-7-12-8-17-14(18-12)9-19-13-5-3-11(15)4-6-13/h3-6,8,10,16H,7,9H2,1-2H3,(H,17,18). The van der Waals surface area contributed by atoms with Crippen LogP contribution in [0.2, 0.25) is 0 Å². The van der Waals surface area contributed by atoms with Crippen LogP contribution in [0.1, 0.15) is 25.4 Å². The number of aromatic amines is 1. The Morgan fingerprint density at radius 3 is 2.74 bits per heavy atom. The van der Waals surface area contributed by atoms with E-state index in [1.165, 1.54) is 12.1 Å². The third-order valence-electron chi connectivity index (χ3n) is 2.57. The van der Waals surface area contributed by atoms with Crippen LogP contribution in [-0.2, 0) is 12.3 Å². The van der Waals surface area contributed by atoms with Crippen molar-refractivity contribution in [2.45, 2.75) is 37.1 Å². The molecule has 0 bridgehead atoms. The molecule has 3 nitrogen and oxygen atoms in total. The second-order valence-electron chi connectivity index (χ2n) is 4.63. The topological polar surface area (TPSA) is 40.7 Å². The first-order chi connectivity index (χ1) is 9.13. The molecule has 1 heterocycles. The highest BCUT2D eigenvalue weighted by Gasteiger charge is 2.03. The van der Waals surface area contributed by atoms with Crippen molar-refractivity contribution >= 4 is 11.8 Å². The number of thioether (sulfide) groups is 1. The van der Waals surface area contributed by atoms with Crippen LogP contribution < -0.4 is 5.32 Å². The number of halogens is 1. The lowest BCUT2D eigenvalue weighted by Gasteiger charge is -2.05. The molecular formula is C14H18FN3S. The van der Waals surface area contributed by atoms with E-state index >= 15 is 0 Å². The zero-order valence-electron chi connectivity index (χ0n) is 11.1. The molecule has 2 aromatic rings. The van der Waals surface area contributed by atoms with Crippen LogP contribution in [0.3, 0.4) is 0 Å². The summed E-state index contributed by atoms with van der Waals surface area (Å²) in [4.78, 5) is 8.66. The Labute approximate surface area is 117 Å². The Balaban J connectivity index is 1.84. The average molecular weight is 279 g/mol. The number of imidazole rings is 1. The molecule has 0 radical (unpaired) electrons. The van der Waals surface area contributed by atoms with Crippen LogP contribution in [0.25, 0.3) is 0 Å². The molecule has 1 aromatic carbocycles. The van der Waals surface area contributed by atoms with Gasteiger partial charge >= 0.3 is 0 Å². The fourth-order valence-corrected chi connectivity index (χ4v) is 2.34. The summed E-state index contributed by atoms with van der Waals surface area (Å²) in [5.74, 6) is 1.49. The van der Waals surface area contributed by atoms with Crippen LogP contribution in [0.15, 0.2) is 35.4 Å². The van der Waals surface area contributed by atoms with Gasteiger partial charge in [-0.2, -0.15) is 0 Å². The summed E-state index contributed by atoms with van der Waals surface area (Å²) in [6.45, 7) is 5.02. The van der Waals surface area contributed by atoms with Crippen LogP contribution >= 0.6 is 11.8 Å². The van der Waals surface area contributed by atoms with E-state index in [2.05, 4.69) is 29.1 Å². The molecule has 102 valence electrons. The fourth-order valence-electron chi connectivity index (χ4n) is 1.57. The minimum Gasteiger partial charge on any atom is -0.344 e. The maximum Gasteiger partial charge on any atom is 0.123 e. The van der Waals surface area contributed by atoms with Crippen molar-refractivity contribution in [2.75, 3.05) is 0 Å². The Kier molecular flexibility index (Phi) is 4.99. The number of rotatable bonds is 6. The van der Waals surface area contributed by atoms with Gasteiger partial charge in [0, 0.05) is 29.4 Å². The lowest BCUT2D eigenvalue weighted by Crippen LogP contribution is -2.21. The number of hydrogen-bond acceptors (Lipinski definition) is 3. The van der Waals surface area contributed by atoms with E-state index in [-0.39, 0.29) is 5.82 Å². The predicted molar refractivity (Wildman–Crippen MR) is 76.5 cm³/mol. The number of hydrogen-bond donors (Lipinski definition) is 2. The monoisotopic (exact) mass is 279 g/mol. The van der Waals surface area contributed by atoms with Gasteiger partial charge in [0.05, 0.1) is 5.75 Å². The molecule has 19 heavy (non-hydrogen) atoms. The first-order valence-electron chi connectivity index (χ1n) is 6.28. The molecule has 5 heteroatoms. The van der Waals surface area contributed by atoms with E-state index in [0.29, 0.717) is 6.04 Å². The van der Waals surface area contributed by atoms with E-state index < -0.39 is 0 Å². The van der Waals surface area contributed by atoms with Gasteiger partial charge in [0.15, 0.2) is 0 Å². The molecule has 0 spiro atoms. The van der Waals surface area contributed by atoms with Gasteiger partial charge in [-0.1, -0.05) is 13.8 Å². The molecule has 2 N–H and O–H groups in total. The third kappa shape index (κ3) is 4.69. The largest absolute Gasteiger partial charge is 0.344 e. The molecule has 0 amide bonds. The number of benzene rings is 1. The van der Waals surface area contributed by atoms with Gasteiger partial charge in [-0.25, -0.2) is 9.37 Å². The molecule has 0 atom stereocenters. The summed E-state index contributed by atoms with van der Waals surface area (Å²) in [5, 5.41) is 3.34. The van der Waals surface area contributed by atoms with E-state index in [9.17, 15) is 4.39 Å². The molecule has 0 saturated carbocycles. The number of H-pyrrole nitrogens is 1. The molecule has 0 saturated heterocycles. The first kappa shape index (κ1) is 14.1. The van der Waals surface area contributed by atoms with Crippen LogP contribution in [0.4, 0.5) is 4.39 Å². The highest BCUT2D eigenvalue weighted by atomic mass is 32.2. The second-order valence-corrected chi connectivity index (χ2v) is 5.68. The number of aromatic nitrogens is 2. The molecule has 0 aliphatic heterocycles. The van der Waals surface area contributed by atoms with E-state index in [0.717, 1.165) is 28.7 Å². The van der Waals surface area contributed by atoms with Gasteiger partial charge in [0.1, 0.15) is 11.6 Å². The van der Waals surface area contributed by atoms with Gasteiger partial charge in [-0.3, -0.25) is 0 Å². The normalized spacial score (nSPS) is 11.2. The second kappa shape index (κ2) is 6.73. The lowest BCUT2D eigenvalue weighted by molar-refractivity contribution is 0.582. The number of nitrogens with one attached hydrogen (secondary N) is 2. The molecule has 0 aliphatic carbocycles. The zero-order valence-corrected chi connectivity index (χ0v) is 11.9. The molecule has 0 unspecified atom stereocenters. The minimum atomic E-state index is -0.204. The van der Waals surface area contributed by atoms with E-state index in [4.69, 9.17) is 0 Å². The quantitative estimate of drug-likeness (QED) is 0.797. The molecule has 1 aromatic heterocycles. The van der Waals surface area contributed by atoms with Crippen molar-refractivity contribution in [1.82, 2.24) is 15.3 Å². The molecule has 2 rings (SSSR count). The van der Waals surface area contributed by atoms with Crippen molar-refractivity contribution in [2.24, 2.45) is 0 Å². The van der Waals surface area contributed by atoms with Gasteiger partial charge < -0.3 is 10.3 Å². The smallest absolute Gasteiger partial charge is 0.123 e. The van der Waals surface area contributed by atoms with Crippen molar-refractivity contribution in [3.8, 4) is 0 Å². The summed E-state index contributed by atoms with van der Waals surface area (Å²) in [6.07, 6.45) is 1.86. The summed E-state index contributed by atoms with van der Waals surface area (Å²) >= 11 is 1.64. The summed E-state index contributed by atoms with van der Waals surface area (Å²) in [5.41, 5.74) is 1.09. The maximum absolute atomic E-state index is 12.8. The molecule has 0 fully saturated rings. The summed E-state index contributed by atoms with van der Waals surface area (Å²) < 4.78 is 12.8. The first-order valence-corrected chi connectivity index (χ1v) is 7.26. The predicted octanol–water partition coefficient (Wildman–Crippen LogP) is 3.34. The number of nitrogens with zero attached hydrogens (tertiary/aromatic N) is 1. The maximum atomic E-state index is 12.8. The molecular weight excluding hydrogens is 261 g/mol. The highest BCUT2D eigenvalue weighted by Crippen LogP contribution is 2.21. The SMILES string of the molecule is CC(C)NCc1cnc(CSc2ccc(F)cc2)[nH]1.